The number of ketones is 1. The third-order valence-corrected chi connectivity index (χ3v) is 2.05. The maximum absolute atomic E-state index is 11.7. The molecule has 0 radical (unpaired) electrons. The van der Waals surface area contributed by atoms with Crippen LogP contribution in [0.15, 0.2) is 24.3 Å². The van der Waals surface area contributed by atoms with Crippen molar-refractivity contribution in [3.05, 3.63) is 29.8 Å². The number of carbonyl (C=O) groups excluding carboxylic acids is 1. The van der Waals surface area contributed by atoms with Crippen molar-refractivity contribution in [2.75, 3.05) is 26.4 Å². The lowest BCUT2D eigenvalue weighted by Gasteiger charge is -2.09. The summed E-state index contributed by atoms with van der Waals surface area (Å²) in [5.41, 5.74) is 6.89. The van der Waals surface area contributed by atoms with Crippen LogP contribution in [0.3, 0.4) is 0 Å². The summed E-state index contributed by atoms with van der Waals surface area (Å²) in [6, 6.07) is 7.19. The minimum atomic E-state index is 0.108. The van der Waals surface area contributed by atoms with Crippen LogP contribution in [0.1, 0.15) is 16.8 Å². The average Bonchev–Trinajstić information content (AvgIpc) is 2.15. The van der Waals surface area contributed by atoms with E-state index in [2.05, 4.69) is 0 Å². The fraction of sp³-hybridized carbons (Fsp3) is 0.364. The van der Waals surface area contributed by atoms with Gasteiger partial charge in [-0.1, -0.05) is 12.1 Å². The van der Waals surface area contributed by atoms with Gasteiger partial charge in [-0.25, -0.2) is 0 Å². The predicted molar refractivity (Wildman–Crippen MR) is 58.4 cm³/mol. The largest absolute Gasteiger partial charge is 0.398 e. The van der Waals surface area contributed by atoms with Crippen molar-refractivity contribution >= 4 is 11.5 Å². The van der Waals surface area contributed by atoms with Crippen LogP contribution in [0, 0.1) is 0 Å². The van der Waals surface area contributed by atoms with E-state index in [1.54, 1.807) is 12.1 Å². The van der Waals surface area contributed by atoms with Gasteiger partial charge in [-0.2, -0.15) is 0 Å². The Bertz CT molecular complexity index is 321. The first kappa shape index (κ1) is 10.7. The molecule has 0 spiro atoms. The lowest BCUT2D eigenvalue weighted by Crippen LogP contribution is -2.17. The number of nitrogens with two attached hydrogens (primary N) is 1. The van der Waals surface area contributed by atoms with E-state index in [1.165, 1.54) is 0 Å². The van der Waals surface area contributed by atoms with Gasteiger partial charge in [0.05, 0.1) is 0 Å². The third kappa shape index (κ3) is 2.85. The van der Waals surface area contributed by atoms with Crippen LogP contribution >= 0.6 is 0 Å². The monoisotopic (exact) mass is 192 g/mol. The van der Waals surface area contributed by atoms with Gasteiger partial charge >= 0.3 is 0 Å². The van der Waals surface area contributed by atoms with Gasteiger partial charge in [0.25, 0.3) is 0 Å². The third-order valence-electron chi connectivity index (χ3n) is 2.05. The normalized spacial score (nSPS) is 10.5. The first-order chi connectivity index (χ1) is 6.61. The number of hydrogen-bond acceptors (Lipinski definition) is 3. The standard InChI is InChI=1S/C11H16N2O/c1-13(2)8-7-11(14)9-5-3-4-6-10(9)12/h3-6H,7-8,12H2,1-2H3. The van der Waals surface area contributed by atoms with Crippen molar-refractivity contribution in [3.63, 3.8) is 0 Å². The first-order valence-corrected chi connectivity index (χ1v) is 4.63. The van der Waals surface area contributed by atoms with Gasteiger partial charge < -0.3 is 10.6 Å². The first-order valence-electron chi connectivity index (χ1n) is 4.63. The van der Waals surface area contributed by atoms with E-state index < -0.39 is 0 Å². The van der Waals surface area contributed by atoms with Crippen molar-refractivity contribution in [1.29, 1.82) is 0 Å². The number of benzene rings is 1. The minimum Gasteiger partial charge on any atom is -0.398 e. The molecular formula is C11H16N2O. The van der Waals surface area contributed by atoms with Crippen LogP contribution in [0.2, 0.25) is 0 Å². The van der Waals surface area contributed by atoms with Crippen LogP contribution in [0.25, 0.3) is 0 Å². The van der Waals surface area contributed by atoms with Crippen molar-refractivity contribution in [2.45, 2.75) is 6.42 Å². The van der Waals surface area contributed by atoms with Crippen molar-refractivity contribution in [1.82, 2.24) is 4.90 Å². The summed E-state index contributed by atoms with van der Waals surface area (Å²) in [4.78, 5) is 13.6. The summed E-state index contributed by atoms with van der Waals surface area (Å²) < 4.78 is 0. The van der Waals surface area contributed by atoms with Gasteiger partial charge in [-0.15, -0.1) is 0 Å². The molecule has 0 aliphatic heterocycles. The van der Waals surface area contributed by atoms with E-state index in [1.807, 2.05) is 31.1 Å². The average molecular weight is 192 g/mol. The van der Waals surface area contributed by atoms with E-state index in [0.29, 0.717) is 17.7 Å². The highest BCUT2D eigenvalue weighted by atomic mass is 16.1. The molecule has 2 N–H and O–H groups in total. The number of nitrogens with zero attached hydrogens (tertiary/aromatic N) is 1. The Morgan fingerprint density at radius 2 is 2.00 bits per heavy atom. The number of anilines is 1. The Morgan fingerprint density at radius 3 is 2.57 bits per heavy atom. The number of Topliss-reactive ketones (excluding diaryl/α,β-unsaturated/α-hetero) is 1. The molecular weight excluding hydrogens is 176 g/mol. The van der Waals surface area contributed by atoms with Crippen molar-refractivity contribution < 1.29 is 4.79 Å². The lowest BCUT2D eigenvalue weighted by atomic mass is 10.1. The SMILES string of the molecule is CN(C)CCC(=O)c1ccccc1N. The zero-order chi connectivity index (χ0) is 10.6. The molecule has 0 aliphatic carbocycles. The quantitative estimate of drug-likeness (QED) is 0.579. The van der Waals surface area contributed by atoms with E-state index in [0.717, 1.165) is 6.54 Å². The van der Waals surface area contributed by atoms with Gasteiger partial charge in [-0.3, -0.25) is 4.79 Å². The summed E-state index contributed by atoms with van der Waals surface area (Å²) >= 11 is 0. The number of carbonyl (C=O) groups is 1. The molecule has 0 unspecified atom stereocenters. The molecule has 0 atom stereocenters. The predicted octanol–water partition coefficient (Wildman–Crippen LogP) is 1.40. The van der Waals surface area contributed by atoms with E-state index in [-0.39, 0.29) is 5.78 Å². The maximum atomic E-state index is 11.7. The van der Waals surface area contributed by atoms with Crippen LogP contribution in [-0.2, 0) is 0 Å². The number of para-hydroxylation sites is 1. The van der Waals surface area contributed by atoms with E-state index in [9.17, 15) is 4.79 Å². The Kier molecular flexibility index (Phi) is 3.65. The summed E-state index contributed by atoms with van der Waals surface area (Å²) in [6.45, 7) is 0.757. The molecule has 0 heterocycles. The molecule has 0 aromatic heterocycles. The van der Waals surface area contributed by atoms with Crippen LogP contribution in [0.5, 0.6) is 0 Å². The van der Waals surface area contributed by atoms with Crippen LogP contribution in [0.4, 0.5) is 5.69 Å². The summed E-state index contributed by atoms with van der Waals surface area (Å²) in [6.07, 6.45) is 0.515. The zero-order valence-corrected chi connectivity index (χ0v) is 8.66. The molecule has 0 saturated heterocycles. The van der Waals surface area contributed by atoms with Crippen molar-refractivity contribution in [2.24, 2.45) is 0 Å². The number of rotatable bonds is 4. The zero-order valence-electron chi connectivity index (χ0n) is 8.66. The molecule has 3 heteroatoms. The highest BCUT2D eigenvalue weighted by molar-refractivity contribution is 6.00. The van der Waals surface area contributed by atoms with E-state index >= 15 is 0 Å². The van der Waals surface area contributed by atoms with Gasteiger partial charge in [0, 0.05) is 24.2 Å². The molecule has 0 aliphatic rings. The molecule has 1 aromatic carbocycles. The van der Waals surface area contributed by atoms with E-state index in [4.69, 9.17) is 5.73 Å². The fourth-order valence-electron chi connectivity index (χ4n) is 1.21. The van der Waals surface area contributed by atoms with Gasteiger partial charge in [0.15, 0.2) is 5.78 Å². The Labute approximate surface area is 84.5 Å². The molecule has 0 saturated carbocycles. The Hall–Kier alpha value is -1.35. The minimum absolute atomic E-state index is 0.108. The fourth-order valence-corrected chi connectivity index (χ4v) is 1.21. The summed E-state index contributed by atoms with van der Waals surface area (Å²) in [5.74, 6) is 0.108. The van der Waals surface area contributed by atoms with Crippen LogP contribution < -0.4 is 5.73 Å². The Morgan fingerprint density at radius 1 is 1.36 bits per heavy atom. The highest BCUT2D eigenvalue weighted by Gasteiger charge is 2.08. The topological polar surface area (TPSA) is 46.3 Å². The smallest absolute Gasteiger partial charge is 0.166 e. The van der Waals surface area contributed by atoms with Crippen LogP contribution in [-0.4, -0.2) is 31.3 Å². The molecule has 0 amide bonds. The molecule has 14 heavy (non-hydrogen) atoms. The highest BCUT2D eigenvalue weighted by Crippen LogP contribution is 2.12. The van der Waals surface area contributed by atoms with Gasteiger partial charge in [0.1, 0.15) is 0 Å². The second-order valence-electron chi connectivity index (χ2n) is 3.56. The lowest BCUT2D eigenvalue weighted by molar-refractivity contribution is 0.0973. The molecule has 76 valence electrons. The molecule has 0 fully saturated rings. The van der Waals surface area contributed by atoms with Gasteiger partial charge in [0.2, 0.25) is 0 Å². The molecule has 1 aromatic rings. The second kappa shape index (κ2) is 4.77. The van der Waals surface area contributed by atoms with Gasteiger partial charge in [-0.05, 0) is 26.2 Å². The molecule has 3 nitrogen and oxygen atoms in total. The molecule has 0 bridgehead atoms. The summed E-state index contributed by atoms with van der Waals surface area (Å²) in [5, 5.41) is 0. The Balaban J connectivity index is 2.65. The number of hydrogen-bond donors (Lipinski definition) is 1. The maximum Gasteiger partial charge on any atom is 0.166 e. The summed E-state index contributed by atoms with van der Waals surface area (Å²) in [7, 11) is 3.89. The molecule has 1 rings (SSSR count). The van der Waals surface area contributed by atoms with Crippen molar-refractivity contribution in [3.8, 4) is 0 Å². The number of nitrogen functional groups attached to an aromatic ring is 1. The second-order valence-corrected chi connectivity index (χ2v) is 3.56.